The van der Waals surface area contributed by atoms with Crippen molar-refractivity contribution >= 4 is 0 Å². The Hall–Kier alpha value is -0.0800. The van der Waals surface area contributed by atoms with Crippen LogP contribution in [0.2, 0.25) is 0 Å². The normalized spacial score (nSPS) is 36.7. The molecule has 76 valence electrons. The fourth-order valence-electron chi connectivity index (χ4n) is 2.86. The molecular formula is C11H22N2. The molecule has 2 aliphatic heterocycles. The Labute approximate surface area is 81.7 Å². The van der Waals surface area contributed by atoms with Gasteiger partial charge in [0.25, 0.3) is 0 Å². The van der Waals surface area contributed by atoms with Gasteiger partial charge in [0, 0.05) is 18.6 Å². The first kappa shape index (κ1) is 9.47. The summed E-state index contributed by atoms with van der Waals surface area (Å²) in [4.78, 5) is 2.77. The molecule has 2 heteroatoms. The summed E-state index contributed by atoms with van der Waals surface area (Å²) in [5.41, 5.74) is 0. The van der Waals surface area contributed by atoms with E-state index >= 15 is 0 Å². The van der Waals surface area contributed by atoms with E-state index in [0.29, 0.717) is 0 Å². The second-order valence-corrected chi connectivity index (χ2v) is 4.44. The minimum atomic E-state index is 0.852. The fraction of sp³-hybridized carbons (Fsp3) is 1.00. The third-order valence-electron chi connectivity index (χ3n) is 3.65. The lowest BCUT2D eigenvalue weighted by molar-refractivity contribution is 0.100. The van der Waals surface area contributed by atoms with Crippen LogP contribution < -0.4 is 5.32 Å². The Bertz CT molecular complexity index is 150. The summed E-state index contributed by atoms with van der Waals surface area (Å²) in [5.74, 6) is 0. The van der Waals surface area contributed by atoms with E-state index in [0.717, 1.165) is 12.1 Å². The summed E-state index contributed by atoms with van der Waals surface area (Å²) < 4.78 is 0. The third-order valence-corrected chi connectivity index (χ3v) is 3.65. The number of likely N-dealkylation sites (tertiary alicyclic amines) is 1. The van der Waals surface area contributed by atoms with E-state index in [9.17, 15) is 0 Å². The maximum Gasteiger partial charge on any atom is 0.0235 e. The monoisotopic (exact) mass is 182 g/mol. The molecule has 0 aromatic carbocycles. The van der Waals surface area contributed by atoms with E-state index in [1.165, 1.54) is 51.7 Å². The summed E-state index contributed by atoms with van der Waals surface area (Å²) in [6.45, 7) is 6.16. The number of rotatable bonds is 2. The first-order valence-electron chi connectivity index (χ1n) is 5.88. The van der Waals surface area contributed by atoms with Crippen molar-refractivity contribution in [3.63, 3.8) is 0 Å². The van der Waals surface area contributed by atoms with Crippen LogP contribution in [0.4, 0.5) is 0 Å². The van der Waals surface area contributed by atoms with E-state index in [2.05, 4.69) is 17.1 Å². The zero-order valence-corrected chi connectivity index (χ0v) is 8.76. The number of hydrogen-bond acceptors (Lipinski definition) is 2. The van der Waals surface area contributed by atoms with Gasteiger partial charge in [0.05, 0.1) is 0 Å². The van der Waals surface area contributed by atoms with Crippen LogP contribution in [0.1, 0.15) is 39.0 Å². The second kappa shape index (κ2) is 4.43. The van der Waals surface area contributed by atoms with Crippen LogP contribution >= 0.6 is 0 Å². The minimum Gasteiger partial charge on any atom is -0.315 e. The molecule has 0 aromatic rings. The van der Waals surface area contributed by atoms with Crippen molar-refractivity contribution in [2.24, 2.45) is 0 Å². The maximum atomic E-state index is 3.47. The molecule has 0 spiro atoms. The van der Waals surface area contributed by atoms with Crippen LogP contribution in [0, 0.1) is 0 Å². The van der Waals surface area contributed by atoms with E-state index < -0.39 is 0 Å². The summed E-state index contributed by atoms with van der Waals surface area (Å²) >= 11 is 0. The number of nitrogens with one attached hydrogen (secondary N) is 1. The minimum absolute atomic E-state index is 0.852. The van der Waals surface area contributed by atoms with Gasteiger partial charge in [-0.3, -0.25) is 4.90 Å². The topological polar surface area (TPSA) is 15.3 Å². The van der Waals surface area contributed by atoms with Crippen molar-refractivity contribution < 1.29 is 0 Å². The number of piperidine rings is 1. The quantitative estimate of drug-likeness (QED) is 0.698. The van der Waals surface area contributed by atoms with E-state index in [1.807, 2.05) is 0 Å². The average molecular weight is 182 g/mol. The van der Waals surface area contributed by atoms with Crippen molar-refractivity contribution in [3.8, 4) is 0 Å². The molecule has 2 atom stereocenters. The Morgan fingerprint density at radius 1 is 1.31 bits per heavy atom. The molecule has 0 amide bonds. The molecule has 1 N–H and O–H groups in total. The van der Waals surface area contributed by atoms with Crippen LogP contribution in [-0.4, -0.2) is 36.6 Å². The SMILES string of the molecule is CC[C@@H]1CCCCN1[C@H]1CCNC1. The highest BCUT2D eigenvalue weighted by Crippen LogP contribution is 2.23. The standard InChI is InChI=1S/C11H22N2/c1-2-10-5-3-4-8-13(10)11-6-7-12-9-11/h10-12H,2-9H2,1H3/t10-,11+/m1/s1. The molecule has 2 nitrogen and oxygen atoms in total. The van der Waals surface area contributed by atoms with Crippen molar-refractivity contribution in [1.82, 2.24) is 10.2 Å². The first-order chi connectivity index (χ1) is 6.42. The van der Waals surface area contributed by atoms with Crippen LogP contribution in [-0.2, 0) is 0 Å². The summed E-state index contributed by atoms with van der Waals surface area (Å²) in [5, 5.41) is 3.47. The highest BCUT2D eigenvalue weighted by molar-refractivity contribution is 4.86. The molecule has 0 aliphatic carbocycles. The second-order valence-electron chi connectivity index (χ2n) is 4.44. The maximum absolute atomic E-state index is 3.47. The van der Waals surface area contributed by atoms with Gasteiger partial charge in [-0.15, -0.1) is 0 Å². The molecule has 2 fully saturated rings. The van der Waals surface area contributed by atoms with Gasteiger partial charge in [0.2, 0.25) is 0 Å². The predicted octanol–water partition coefficient (Wildman–Crippen LogP) is 1.61. The lowest BCUT2D eigenvalue weighted by Gasteiger charge is -2.39. The highest BCUT2D eigenvalue weighted by atomic mass is 15.2. The molecule has 0 aromatic heterocycles. The molecule has 2 rings (SSSR count). The van der Waals surface area contributed by atoms with Crippen molar-refractivity contribution in [1.29, 1.82) is 0 Å². The van der Waals surface area contributed by atoms with Gasteiger partial charge in [-0.05, 0) is 38.8 Å². The van der Waals surface area contributed by atoms with Crippen LogP contribution in [0.5, 0.6) is 0 Å². The van der Waals surface area contributed by atoms with Crippen molar-refractivity contribution in [2.45, 2.75) is 51.1 Å². The van der Waals surface area contributed by atoms with Crippen molar-refractivity contribution in [3.05, 3.63) is 0 Å². The van der Waals surface area contributed by atoms with Crippen molar-refractivity contribution in [2.75, 3.05) is 19.6 Å². The highest BCUT2D eigenvalue weighted by Gasteiger charge is 2.29. The Morgan fingerprint density at radius 3 is 2.92 bits per heavy atom. The first-order valence-corrected chi connectivity index (χ1v) is 5.88. The van der Waals surface area contributed by atoms with Gasteiger partial charge in [-0.2, -0.15) is 0 Å². The largest absolute Gasteiger partial charge is 0.315 e. The van der Waals surface area contributed by atoms with Gasteiger partial charge in [-0.25, -0.2) is 0 Å². The average Bonchev–Trinajstić information content (AvgIpc) is 2.70. The summed E-state index contributed by atoms with van der Waals surface area (Å²) in [6, 6.07) is 1.74. The molecule has 13 heavy (non-hydrogen) atoms. The van der Waals surface area contributed by atoms with E-state index in [4.69, 9.17) is 0 Å². The Kier molecular flexibility index (Phi) is 3.23. The number of hydrogen-bond donors (Lipinski definition) is 1. The fourth-order valence-corrected chi connectivity index (χ4v) is 2.86. The van der Waals surface area contributed by atoms with Gasteiger partial charge in [0.15, 0.2) is 0 Å². The molecule has 0 saturated carbocycles. The predicted molar refractivity (Wildman–Crippen MR) is 55.9 cm³/mol. The lowest BCUT2D eigenvalue weighted by Crippen LogP contribution is -2.46. The number of nitrogens with zero attached hydrogens (tertiary/aromatic N) is 1. The Balaban J connectivity index is 1.93. The van der Waals surface area contributed by atoms with E-state index in [1.54, 1.807) is 0 Å². The van der Waals surface area contributed by atoms with Gasteiger partial charge in [-0.1, -0.05) is 13.3 Å². The van der Waals surface area contributed by atoms with Crippen LogP contribution in [0.15, 0.2) is 0 Å². The lowest BCUT2D eigenvalue weighted by atomic mass is 9.97. The summed E-state index contributed by atoms with van der Waals surface area (Å²) in [6.07, 6.45) is 7.03. The van der Waals surface area contributed by atoms with Gasteiger partial charge >= 0.3 is 0 Å². The molecule has 0 unspecified atom stereocenters. The molecular weight excluding hydrogens is 160 g/mol. The summed E-state index contributed by atoms with van der Waals surface area (Å²) in [7, 11) is 0. The molecule has 2 saturated heterocycles. The molecule has 2 aliphatic rings. The van der Waals surface area contributed by atoms with E-state index in [-0.39, 0.29) is 0 Å². The smallest absolute Gasteiger partial charge is 0.0235 e. The van der Waals surface area contributed by atoms with Gasteiger partial charge < -0.3 is 5.32 Å². The third kappa shape index (κ3) is 2.05. The Morgan fingerprint density at radius 2 is 2.23 bits per heavy atom. The molecule has 0 radical (unpaired) electrons. The zero-order chi connectivity index (χ0) is 9.10. The van der Waals surface area contributed by atoms with Crippen LogP contribution in [0.25, 0.3) is 0 Å². The molecule has 2 heterocycles. The zero-order valence-electron chi connectivity index (χ0n) is 8.76. The van der Waals surface area contributed by atoms with Crippen LogP contribution in [0.3, 0.4) is 0 Å². The van der Waals surface area contributed by atoms with Gasteiger partial charge in [0.1, 0.15) is 0 Å². The molecule has 0 bridgehead atoms.